The number of alkyl halides is 1. The third kappa shape index (κ3) is 0.294. The Balaban J connectivity index is 2.16. The van der Waals surface area contributed by atoms with Crippen molar-refractivity contribution < 1.29 is 4.79 Å². The van der Waals surface area contributed by atoms with Crippen LogP contribution in [0.2, 0.25) is 0 Å². The van der Waals surface area contributed by atoms with Gasteiger partial charge in [-0.15, -0.1) is 0 Å². The molecule has 0 spiro atoms. The normalized spacial score (nSPS) is 50.2. The van der Waals surface area contributed by atoms with Crippen molar-refractivity contribution in [3.63, 3.8) is 0 Å². The van der Waals surface area contributed by atoms with Crippen molar-refractivity contribution in [1.29, 1.82) is 0 Å². The molecule has 4 heteroatoms. The molecule has 0 aliphatic carbocycles. The fraction of sp³-hybridized carbons (Fsp3) is 0.600. The zero-order valence-electron chi connectivity index (χ0n) is 4.81. The molecule has 2 bridgehead atoms. The Kier molecular flexibility index (Phi) is 0.577. The first-order valence-electron chi connectivity index (χ1n) is 2.90. The topological polar surface area (TPSA) is 20.3 Å². The van der Waals surface area contributed by atoms with Crippen LogP contribution in [-0.2, 0) is 4.79 Å². The molecule has 46 valence electrons. The number of fused-ring (bicyclic) bond motifs is 1. The van der Waals surface area contributed by atoms with Crippen LogP contribution < -0.4 is 0 Å². The predicted molar refractivity (Wildman–Crippen MR) is 35.9 cm³/mol. The minimum absolute atomic E-state index is 0.207. The number of hydrogen-bond donors (Lipinski definition) is 0. The summed E-state index contributed by atoms with van der Waals surface area (Å²) in [6, 6.07) is 0. The summed E-state index contributed by atoms with van der Waals surface area (Å²) >= 11 is 4.69. The Labute approximate surface area is 64.0 Å². The van der Waals surface area contributed by atoms with Crippen molar-refractivity contribution in [2.75, 3.05) is 7.05 Å². The van der Waals surface area contributed by atoms with E-state index in [-0.39, 0.29) is 8.80 Å². The second-order valence-electron chi connectivity index (χ2n) is 2.80. The summed E-state index contributed by atoms with van der Waals surface area (Å²) in [5.41, 5.74) is 0. The van der Waals surface area contributed by atoms with Gasteiger partial charge < -0.3 is 0 Å². The molecule has 9 heavy (non-hydrogen) atoms. The minimum atomic E-state index is -1.28. The molecule has 1 amide bonds. The van der Waals surface area contributed by atoms with E-state index in [4.69, 9.17) is 11.6 Å². The van der Waals surface area contributed by atoms with Gasteiger partial charge in [-0.3, -0.25) is 0 Å². The first kappa shape index (κ1) is 5.13. The summed E-state index contributed by atoms with van der Waals surface area (Å²) in [6.07, 6.45) is 0. The Morgan fingerprint density at radius 3 is 2.56 bits per heavy atom. The predicted octanol–water partition coefficient (Wildman–Crippen LogP) is -0.841. The molecule has 2 nitrogen and oxygen atoms in total. The number of nitrogens with zero attached hydrogens (tertiary/aromatic N) is 1. The van der Waals surface area contributed by atoms with E-state index in [0.29, 0.717) is 4.06 Å². The van der Waals surface area contributed by atoms with Gasteiger partial charge in [-0.2, -0.15) is 0 Å². The fourth-order valence-electron chi connectivity index (χ4n) is 1.78. The van der Waals surface area contributed by atoms with Crippen LogP contribution in [0.1, 0.15) is 0 Å². The molecule has 2 fully saturated rings. The Hall–Kier alpha value is 0.429. The Morgan fingerprint density at radius 2 is 2.44 bits per heavy atom. The van der Waals surface area contributed by atoms with E-state index in [2.05, 4.69) is 0 Å². The number of amides is 1. The van der Waals surface area contributed by atoms with Gasteiger partial charge in [0.15, 0.2) is 0 Å². The summed E-state index contributed by atoms with van der Waals surface area (Å²) in [4.78, 5) is 13.0. The van der Waals surface area contributed by atoms with Crippen molar-refractivity contribution in [2.24, 2.45) is 0 Å². The van der Waals surface area contributed by atoms with E-state index in [1.54, 1.807) is 0 Å². The van der Waals surface area contributed by atoms with E-state index in [1.807, 2.05) is 11.9 Å². The molecule has 0 aromatic rings. The van der Waals surface area contributed by atoms with Crippen molar-refractivity contribution >= 4 is 40.3 Å². The van der Waals surface area contributed by atoms with Gasteiger partial charge in [-0.05, 0) is 0 Å². The van der Waals surface area contributed by atoms with E-state index in [9.17, 15) is 4.79 Å². The maximum atomic E-state index is 11.1. The molecule has 0 N–H and O–H groups in total. The molecular formula is C5H4ClNOSn. The summed E-state index contributed by atoms with van der Waals surface area (Å²) < 4.78 is 1.85. The third-order valence-electron chi connectivity index (χ3n) is 2.44. The van der Waals surface area contributed by atoms with Gasteiger partial charge in [0.25, 0.3) is 0 Å². The molecule has 4 rings (SSSR count). The molecule has 0 radical (unpaired) electrons. The monoisotopic (exact) mass is 249 g/mol. The quantitative estimate of drug-likeness (QED) is 0.404. The van der Waals surface area contributed by atoms with Crippen LogP contribution in [0.15, 0.2) is 0 Å². The fourth-order valence-corrected chi connectivity index (χ4v) is 14.6. The molecule has 0 aromatic heterocycles. The first-order chi connectivity index (χ1) is 4.19. The summed E-state index contributed by atoms with van der Waals surface area (Å²) in [5, 5.41) is 0. The van der Waals surface area contributed by atoms with Crippen LogP contribution in [0.5, 0.6) is 0 Å². The van der Waals surface area contributed by atoms with Gasteiger partial charge in [0.2, 0.25) is 0 Å². The van der Waals surface area contributed by atoms with Crippen LogP contribution in [0, 0.1) is 0 Å². The molecular weight excluding hydrogens is 244 g/mol. The van der Waals surface area contributed by atoms with E-state index < -0.39 is 19.3 Å². The number of hydrogen-bond acceptors (Lipinski definition) is 1. The van der Waals surface area contributed by atoms with Crippen molar-refractivity contribution in [3.8, 4) is 0 Å². The van der Waals surface area contributed by atoms with Gasteiger partial charge in [0, 0.05) is 0 Å². The van der Waals surface area contributed by atoms with Gasteiger partial charge in [-0.1, -0.05) is 0 Å². The molecule has 2 saturated heterocycles. The SMILES string of the molecule is CN1C(=O)[C]2(Cl)[C]3=[Sn]2[CH]31. The van der Waals surface area contributed by atoms with E-state index in [1.165, 1.54) is 3.52 Å². The van der Waals surface area contributed by atoms with Crippen LogP contribution in [0.3, 0.4) is 0 Å². The molecule has 2 atom stereocenters. The molecule has 0 saturated carbocycles. The third-order valence-corrected chi connectivity index (χ3v) is 13.5. The number of carbonyl (C=O) groups excluding carboxylic acids is 1. The van der Waals surface area contributed by atoms with Crippen LogP contribution in [0.25, 0.3) is 0 Å². The van der Waals surface area contributed by atoms with Crippen LogP contribution in [-0.4, -0.2) is 47.6 Å². The van der Waals surface area contributed by atoms with Crippen LogP contribution >= 0.6 is 11.6 Å². The standard InChI is InChI=1S/C5H4ClNO.Sn/c1-7-3-2-4(6)5(7)8;/h3H,1H3;. The van der Waals surface area contributed by atoms with Gasteiger partial charge >= 0.3 is 64.0 Å². The average Bonchev–Trinajstić information content (AvgIpc) is 2.62. The summed E-state index contributed by atoms with van der Waals surface area (Å²) in [5.74, 6) is 0.207. The van der Waals surface area contributed by atoms with Gasteiger partial charge in [0.05, 0.1) is 0 Å². The molecule has 4 heterocycles. The van der Waals surface area contributed by atoms with E-state index in [0.717, 1.165) is 0 Å². The van der Waals surface area contributed by atoms with Crippen LogP contribution in [0.4, 0.5) is 0 Å². The molecule has 0 aromatic carbocycles. The molecule has 2 unspecified atom stereocenters. The average molecular weight is 248 g/mol. The zero-order valence-corrected chi connectivity index (χ0v) is 8.42. The van der Waals surface area contributed by atoms with Crippen molar-refractivity contribution in [2.45, 2.75) is 6.95 Å². The van der Waals surface area contributed by atoms with Gasteiger partial charge in [0.1, 0.15) is 0 Å². The van der Waals surface area contributed by atoms with E-state index >= 15 is 0 Å². The number of carbonyl (C=O) groups is 1. The van der Waals surface area contributed by atoms with Crippen molar-refractivity contribution in [1.82, 2.24) is 4.90 Å². The maximum absolute atomic E-state index is 11.1. The summed E-state index contributed by atoms with van der Waals surface area (Å²) in [7, 11) is 1.87. The number of halogens is 1. The molecule has 4 aliphatic rings. The Bertz CT molecular complexity index is 271. The first-order valence-corrected chi connectivity index (χ1v) is 7.78. The molecule has 4 aliphatic heterocycles. The van der Waals surface area contributed by atoms with Crippen molar-refractivity contribution in [3.05, 3.63) is 0 Å². The second kappa shape index (κ2) is 1.01. The number of rotatable bonds is 0. The Morgan fingerprint density at radius 1 is 1.89 bits per heavy atom. The zero-order chi connectivity index (χ0) is 6.39. The van der Waals surface area contributed by atoms with Gasteiger partial charge in [-0.25, -0.2) is 0 Å². The summed E-state index contributed by atoms with van der Waals surface area (Å²) in [6.45, 7) is 0. The second-order valence-corrected chi connectivity index (χ2v) is 11.9.